The van der Waals surface area contributed by atoms with E-state index >= 15 is 0 Å². The van der Waals surface area contributed by atoms with Gasteiger partial charge < -0.3 is 0 Å². The first-order valence-electron chi connectivity index (χ1n) is 8.08. The number of aryl methyl sites for hydroxylation is 1. The minimum absolute atomic E-state index is 0.285. The first kappa shape index (κ1) is 15.0. The molecule has 3 rings (SSSR count). The molecule has 116 valence electrons. The number of hydrogen-bond donors (Lipinski definition) is 0. The molecule has 0 N–H and O–H groups in total. The van der Waals surface area contributed by atoms with Crippen molar-refractivity contribution in [1.82, 2.24) is 4.57 Å². The highest BCUT2D eigenvalue weighted by molar-refractivity contribution is 5.82. The number of fused-ring (bicyclic) bond motifs is 1. The number of aromatic nitrogens is 2. The Morgan fingerprint density at radius 1 is 1.23 bits per heavy atom. The largest absolute Gasteiger partial charge is 0.295 e. The number of ketones is 1. The van der Waals surface area contributed by atoms with Gasteiger partial charge in [0.15, 0.2) is 11.5 Å². The van der Waals surface area contributed by atoms with Crippen LogP contribution in [0.3, 0.4) is 0 Å². The molecule has 0 atom stereocenters. The van der Waals surface area contributed by atoms with E-state index < -0.39 is 0 Å². The van der Waals surface area contributed by atoms with E-state index in [1.807, 2.05) is 20.8 Å². The van der Waals surface area contributed by atoms with Crippen LogP contribution in [0, 0.1) is 12.3 Å². The lowest BCUT2D eigenvalue weighted by Gasteiger charge is -2.14. The maximum Gasteiger partial charge on any atom is 0.257 e. The molecule has 1 aromatic carbocycles. The molecule has 1 aliphatic heterocycles. The molecule has 0 spiro atoms. The maximum absolute atomic E-state index is 12.4. The minimum Gasteiger partial charge on any atom is -0.295 e. The third-order valence-corrected chi connectivity index (χ3v) is 4.49. The summed E-state index contributed by atoms with van der Waals surface area (Å²) < 4.78 is 4.54. The Labute approximate surface area is 132 Å². The van der Waals surface area contributed by atoms with Crippen LogP contribution in [-0.2, 0) is 24.3 Å². The van der Waals surface area contributed by atoms with Crippen molar-refractivity contribution in [3.8, 4) is 11.3 Å². The third-order valence-electron chi connectivity index (χ3n) is 4.49. The molecular formula is C19H25N2O+. The summed E-state index contributed by atoms with van der Waals surface area (Å²) in [7, 11) is 0. The summed E-state index contributed by atoms with van der Waals surface area (Å²) in [6.07, 6.45) is 4.38. The van der Waals surface area contributed by atoms with Crippen molar-refractivity contribution in [2.75, 3.05) is 0 Å². The smallest absolute Gasteiger partial charge is 0.257 e. The van der Waals surface area contributed by atoms with E-state index in [1.54, 1.807) is 0 Å². The second kappa shape index (κ2) is 5.38. The van der Waals surface area contributed by atoms with E-state index in [9.17, 15) is 4.79 Å². The molecule has 0 fully saturated rings. The predicted octanol–water partition coefficient (Wildman–Crippen LogP) is 3.31. The second-order valence-corrected chi connectivity index (χ2v) is 7.35. The second-order valence-electron chi connectivity index (χ2n) is 7.35. The minimum atomic E-state index is -0.287. The number of Topliss-reactive ketones (excluding diaryl/α,β-unsaturated/α-hetero) is 1. The van der Waals surface area contributed by atoms with Gasteiger partial charge in [-0.2, -0.15) is 0 Å². The van der Waals surface area contributed by atoms with Crippen LogP contribution >= 0.6 is 0 Å². The molecule has 3 heteroatoms. The molecule has 3 nitrogen and oxygen atoms in total. The quantitative estimate of drug-likeness (QED) is 0.798. The van der Waals surface area contributed by atoms with Gasteiger partial charge in [0.25, 0.3) is 5.82 Å². The van der Waals surface area contributed by atoms with Crippen molar-refractivity contribution in [3.05, 3.63) is 41.9 Å². The Morgan fingerprint density at radius 2 is 1.91 bits per heavy atom. The van der Waals surface area contributed by atoms with Gasteiger partial charge in [0.2, 0.25) is 0 Å². The molecule has 0 saturated heterocycles. The van der Waals surface area contributed by atoms with Gasteiger partial charge in [-0.05, 0) is 13.3 Å². The molecule has 2 heterocycles. The number of hydrogen-bond acceptors (Lipinski definition) is 1. The Hall–Kier alpha value is -1.90. The highest BCUT2D eigenvalue weighted by Crippen LogP contribution is 2.25. The van der Waals surface area contributed by atoms with E-state index in [1.165, 1.54) is 29.1 Å². The summed E-state index contributed by atoms with van der Waals surface area (Å²) in [6, 6.07) is 8.64. The average Bonchev–Trinajstić information content (AvgIpc) is 3.02. The fraction of sp³-hybridized carbons (Fsp3) is 0.474. The molecule has 0 aliphatic carbocycles. The van der Waals surface area contributed by atoms with Crippen molar-refractivity contribution >= 4 is 5.78 Å². The van der Waals surface area contributed by atoms with Crippen LogP contribution in [-0.4, -0.2) is 10.4 Å². The summed E-state index contributed by atoms with van der Waals surface area (Å²) in [5, 5.41) is 0. The number of imidazole rings is 1. The van der Waals surface area contributed by atoms with Gasteiger partial charge in [0, 0.05) is 11.0 Å². The molecule has 0 unspecified atom stereocenters. The zero-order chi connectivity index (χ0) is 15.9. The van der Waals surface area contributed by atoms with Crippen molar-refractivity contribution < 1.29 is 9.36 Å². The SMILES string of the molecule is Cc1ccc(-c2c[n+](CC(=O)C(C)(C)C)c3n2CCC3)cc1. The molecular weight excluding hydrogens is 272 g/mol. The van der Waals surface area contributed by atoms with E-state index in [4.69, 9.17) is 0 Å². The summed E-state index contributed by atoms with van der Waals surface area (Å²) in [5.74, 6) is 1.57. The summed E-state index contributed by atoms with van der Waals surface area (Å²) in [6.45, 7) is 9.61. The van der Waals surface area contributed by atoms with Crippen LogP contribution in [0.4, 0.5) is 0 Å². The molecule has 0 amide bonds. The molecule has 2 aromatic rings. The lowest BCUT2D eigenvalue weighted by atomic mass is 9.91. The van der Waals surface area contributed by atoms with E-state index in [-0.39, 0.29) is 11.2 Å². The van der Waals surface area contributed by atoms with Crippen molar-refractivity contribution in [2.24, 2.45) is 5.41 Å². The van der Waals surface area contributed by atoms with E-state index in [2.05, 4.69) is 46.5 Å². The van der Waals surface area contributed by atoms with Crippen LogP contribution in [0.2, 0.25) is 0 Å². The standard InChI is InChI=1S/C19H25N2O/c1-14-7-9-15(10-8-14)16-12-20(13-17(22)19(2,3)4)18-6-5-11-21(16)18/h7-10,12H,5-6,11,13H2,1-4H3/q+1. The Balaban J connectivity index is 1.98. The number of carbonyl (C=O) groups is 1. The predicted molar refractivity (Wildman–Crippen MR) is 87.6 cm³/mol. The first-order valence-corrected chi connectivity index (χ1v) is 8.08. The third kappa shape index (κ3) is 2.72. The summed E-state index contributed by atoms with van der Waals surface area (Å²) >= 11 is 0. The Bertz CT molecular complexity index is 702. The van der Waals surface area contributed by atoms with Gasteiger partial charge in [-0.3, -0.25) is 4.79 Å². The van der Waals surface area contributed by atoms with Gasteiger partial charge >= 0.3 is 0 Å². The highest BCUT2D eigenvalue weighted by Gasteiger charge is 2.31. The van der Waals surface area contributed by atoms with Gasteiger partial charge in [-0.15, -0.1) is 0 Å². The molecule has 1 aliphatic rings. The number of rotatable bonds is 3. The van der Waals surface area contributed by atoms with Gasteiger partial charge in [0.1, 0.15) is 12.7 Å². The molecule has 1 aromatic heterocycles. The lowest BCUT2D eigenvalue weighted by Crippen LogP contribution is -2.43. The van der Waals surface area contributed by atoms with Crippen molar-refractivity contribution in [3.63, 3.8) is 0 Å². The van der Waals surface area contributed by atoms with Crippen LogP contribution in [0.1, 0.15) is 38.6 Å². The Morgan fingerprint density at radius 3 is 2.55 bits per heavy atom. The molecule has 22 heavy (non-hydrogen) atoms. The molecule has 0 bridgehead atoms. The van der Waals surface area contributed by atoms with Gasteiger partial charge in [0.05, 0.1) is 13.0 Å². The van der Waals surface area contributed by atoms with Crippen LogP contribution in [0.5, 0.6) is 0 Å². The van der Waals surface area contributed by atoms with Crippen LogP contribution in [0.25, 0.3) is 11.3 Å². The lowest BCUT2D eigenvalue weighted by molar-refractivity contribution is -0.690. The first-order chi connectivity index (χ1) is 10.4. The van der Waals surface area contributed by atoms with Crippen molar-refractivity contribution in [2.45, 2.75) is 53.6 Å². The number of carbonyl (C=O) groups excluding carboxylic acids is 1. The fourth-order valence-electron chi connectivity index (χ4n) is 2.99. The van der Waals surface area contributed by atoms with E-state index in [0.717, 1.165) is 13.0 Å². The summed E-state index contributed by atoms with van der Waals surface area (Å²) in [5.41, 5.74) is 3.45. The molecule has 0 radical (unpaired) electrons. The zero-order valence-electron chi connectivity index (χ0n) is 14.0. The van der Waals surface area contributed by atoms with Gasteiger partial charge in [-0.25, -0.2) is 9.13 Å². The Kier molecular flexibility index (Phi) is 3.67. The number of nitrogens with zero attached hydrogens (tertiary/aromatic N) is 2. The highest BCUT2D eigenvalue weighted by atomic mass is 16.1. The monoisotopic (exact) mass is 297 g/mol. The van der Waals surface area contributed by atoms with E-state index in [0.29, 0.717) is 6.54 Å². The summed E-state index contributed by atoms with van der Waals surface area (Å²) in [4.78, 5) is 12.4. The number of benzene rings is 1. The fourth-order valence-corrected chi connectivity index (χ4v) is 2.99. The zero-order valence-corrected chi connectivity index (χ0v) is 14.0. The molecule has 0 saturated carbocycles. The average molecular weight is 297 g/mol. The maximum atomic E-state index is 12.4. The van der Waals surface area contributed by atoms with Crippen LogP contribution < -0.4 is 4.57 Å². The normalized spacial score (nSPS) is 14.2. The van der Waals surface area contributed by atoms with Crippen LogP contribution in [0.15, 0.2) is 30.5 Å². The van der Waals surface area contributed by atoms with Crippen molar-refractivity contribution in [1.29, 1.82) is 0 Å². The van der Waals surface area contributed by atoms with Gasteiger partial charge in [-0.1, -0.05) is 50.6 Å². The topological polar surface area (TPSA) is 25.9 Å².